The van der Waals surface area contributed by atoms with E-state index >= 15 is 0 Å². The van der Waals surface area contributed by atoms with Crippen molar-refractivity contribution in [2.24, 2.45) is 0 Å². The van der Waals surface area contributed by atoms with E-state index in [0.29, 0.717) is 15.6 Å². The van der Waals surface area contributed by atoms with Gasteiger partial charge in [0.2, 0.25) is 0 Å². The van der Waals surface area contributed by atoms with E-state index in [1.807, 2.05) is 5.38 Å². The molecule has 0 aromatic carbocycles. The number of nitrogens with two attached hydrogens (primary N) is 1. The van der Waals surface area contributed by atoms with Gasteiger partial charge in [-0.2, -0.15) is 0 Å². The number of anilines is 1. The molecular formula is C7H5BrN4S2. The highest BCUT2D eigenvalue weighted by molar-refractivity contribution is 9.10. The van der Waals surface area contributed by atoms with Crippen molar-refractivity contribution in [1.29, 1.82) is 0 Å². The number of halogens is 1. The van der Waals surface area contributed by atoms with E-state index < -0.39 is 0 Å². The number of nitrogen functional groups attached to an aromatic ring is 1. The van der Waals surface area contributed by atoms with Gasteiger partial charge in [-0.05, 0) is 27.7 Å². The molecule has 0 aliphatic carbocycles. The molecule has 2 rings (SSSR count). The summed E-state index contributed by atoms with van der Waals surface area (Å²) in [5, 5.41) is 2.51. The first-order chi connectivity index (χ1) is 6.74. The zero-order chi connectivity index (χ0) is 9.97. The summed E-state index contributed by atoms with van der Waals surface area (Å²) in [4.78, 5) is 12.4. The summed E-state index contributed by atoms with van der Waals surface area (Å²) in [6.07, 6.45) is 1.74. The molecule has 0 saturated heterocycles. The predicted octanol–water partition coefficient (Wildman–Crippen LogP) is 2.43. The van der Waals surface area contributed by atoms with Crippen LogP contribution in [0.1, 0.15) is 0 Å². The standard InChI is InChI=1S/C7H5BrN4S2/c8-4-3-5(9)12-6(11-4)14-7-10-1-2-13-7/h1-3H,(H2,9,11,12). The smallest absolute Gasteiger partial charge is 0.197 e. The molecule has 72 valence electrons. The van der Waals surface area contributed by atoms with Gasteiger partial charge in [0, 0.05) is 17.6 Å². The Morgan fingerprint density at radius 3 is 2.93 bits per heavy atom. The minimum Gasteiger partial charge on any atom is -0.384 e. The maximum Gasteiger partial charge on any atom is 0.197 e. The molecule has 0 radical (unpaired) electrons. The lowest BCUT2D eigenvalue weighted by Crippen LogP contribution is -1.94. The van der Waals surface area contributed by atoms with Crippen LogP contribution in [-0.2, 0) is 0 Å². The minimum atomic E-state index is 0.450. The van der Waals surface area contributed by atoms with Gasteiger partial charge in [-0.1, -0.05) is 0 Å². The maximum atomic E-state index is 5.58. The van der Waals surface area contributed by atoms with Crippen molar-refractivity contribution in [2.45, 2.75) is 9.50 Å². The number of hydrogen-bond acceptors (Lipinski definition) is 6. The second kappa shape index (κ2) is 4.24. The molecule has 2 aromatic rings. The van der Waals surface area contributed by atoms with Crippen LogP contribution in [-0.4, -0.2) is 15.0 Å². The molecule has 2 heterocycles. The molecule has 14 heavy (non-hydrogen) atoms. The highest BCUT2D eigenvalue weighted by Crippen LogP contribution is 2.27. The molecular weight excluding hydrogens is 284 g/mol. The fraction of sp³-hybridized carbons (Fsp3) is 0. The van der Waals surface area contributed by atoms with E-state index in [1.165, 1.54) is 11.8 Å². The topological polar surface area (TPSA) is 64.7 Å². The van der Waals surface area contributed by atoms with Gasteiger partial charge in [0.15, 0.2) is 9.50 Å². The minimum absolute atomic E-state index is 0.450. The van der Waals surface area contributed by atoms with Crippen LogP contribution in [0.5, 0.6) is 0 Å². The van der Waals surface area contributed by atoms with Crippen LogP contribution >= 0.6 is 39.0 Å². The van der Waals surface area contributed by atoms with E-state index in [2.05, 4.69) is 30.9 Å². The summed E-state index contributed by atoms with van der Waals surface area (Å²) >= 11 is 6.20. The van der Waals surface area contributed by atoms with Crippen molar-refractivity contribution in [2.75, 3.05) is 5.73 Å². The lowest BCUT2D eigenvalue weighted by Gasteiger charge is -1.98. The molecule has 7 heteroatoms. The first kappa shape index (κ1) is 9.88. The number of rotatable bonds is 2. The predicted molar refractivity (Wildman–Crippen MR) is 60.4 cm³/mol. The highest BCUT2D eigenvalue weighted by atomic mass is 79.9. The van der Waals surface area contributed by atoms with E-state index in [4.69, 9.17) is 5.73 Å². The first-order valence-corrected chi connectivity index (χ1v) is 6.10. The summed E-state index contributed by atoms with van der Waals surface area (Å²) in [7, 11) is 0. The van der Waals surface area contributed by atoms with Crippen molar-refractivity contribution in [3.05, 3.63) is 22.2 Å². The van der Waals surface area contributed by atoms with Crippen molar-refractivity contribution < 1.29 is 0 Å². The molecule has 0 spiro atoms. The van der Waals surface area contributed by atoms with Crippen LogP contribution in [0, 0.1) is 0 Å². The average Bonchev–Trinajstić information content (AvgIpc) is 2.54. The van der Waals surface area contributed by atoms with Crippen LogP contribution in [0.4, 0.5) is 5.82 Å². The van der Waals surface area contributed by atoms with E-state index in [0.717, 1.165) is 4.34 Å². The maximum absolute atomic E-state index is 5.58. The average molecular weight is 289 g/mol. The summed E-state index contributed by atoms with van der Waals surface area (Å²) in [5.41, 5.74) is 5.58. The molecule has 2 aromatic heterocycles. The second-order valence-corrected chi connectivity index (χ2v) is 5.22. The van der Waals surface area contributed by atoms with Gasteiger partial charge in [0.1, 0.15) is 10.4 Å². The summed E-state index contributed by atoms with van der Waals surface area (Å²) in [6.45, 7) is 0. The molecule has 0 fully saturated rings. The fourth-order valence-corrected chi connectivity index (χ4v) is 2.83. The van der Waals surface area contributed by atoms with Crippen molar-refractivity contribution in [1.82, 2.24) is 15.0 Å². The van der Waals surface area contributed by atoms with Gasteiger partial charge in [0.25, 0.3) is 0 Å². The number of aromatic nitrogens is 3. The Bertz CT molecular complexity index is 411. The molecule has 0 aliphatic heterocycles. The van der Waals surface area contributed by atoms with Crippen molar-refractivity contribution >= 4 is 44.8 Å². The zero-order valence-electron chi connectivity index (χ0n) is 6.85. The van der Waals surface area contributed by atoms with Gasteiger partial charge in [-0.15, -0.1) is 11.3 Å². The van der Waals surface area contributed by atoms with Crippen LogP contribution in [0.2, 0.25) is 0 Å². The SMILES string of the molecule is Nc1cc(Br)nc(Sc2nccs2)n1. The Morgan fingerprint density at radius 2 is 2.29 bits per heavy atom. The molecule has 2 N–H and O–H groups in total. The third-order valence-electron chi connectivity index (χ3n) is 1.28. The summed E-state index contributed by atoms with van der Waals surface area (Å²) in [6, 6.07) is 1.66. The Hall–Kier alpha value is -0.660. The third-order valence-corrected chi connectivity index (χ3v) is 3.44. The lowest BCUT2D eigenvalue weighted by molar-refractivity contribution is 0.955. The molecule has 0 atom stereocenters. The molecule has 4 nitrogen and oxygen atoms in total. The van der Waals surface area contributed by atoms with Gasteiger partial charge in [-0.3, -0.25) is 0 Å². The Balaban J connectivity index is 2.25. The summed E-state index contributed by atoms with van der Waals surface area (Å²) in [5.74, 6) is 0.450. The Kier molecular flexibility index (Phi) is 2.99. The Morgan fingerprint density at radius 1 is 1.43 bits per heavy atom. The Labute approximate surface area is 97.1 Å². The highest BCUT2D eigenvalue weighted by Gasteiger charge is 2.04. The zero-order valence-corrected chi connectivity index (χ0v) is 10.1. The van der Waals surface area contributed by atoms with Crippen molar-refractivity contribution in [3.63, 3.8) is 0 Å². The largest absolute Gasteiger partial charge is 0.384 e. The van der Waals surface area contributed by atoms with Gasteiger partial charge in [-0.25, -0.2) is 15.0 Å². The van der Waals surface area contributed by atoms with E-state index in [-0.39, 0.29) is 0 Å². The lowest BCUT2D eigenvalue weighted by atomic mass is 10.6. The second-order valence-electron chi connectivity index (χ2n) is 2.30. The van der Waals surface area contributed by atoms with E-state index in [9.17, 15) is 0 Å². The quantitative estimate of drug-likeness (QED) is 0.679. The monoisotopic (exact) mass is 288 g/mol. The van der Waals surface area contributed by atoms with Gasteiger partial charge < -0.3 is 5.73 Å². The number of nitrogens with zero attached hydrogens (tertiary/aromatic N) is 3. The van der Waals surface area contributed by atoms with Crippen molar-refractivity contribution in [3.8, 4) is 0 Å². The molecule has 0 unspecified atom stereocenters. The summed E-state index contributed by atoms with van der Waals surface area (Å²) < 4.78 is 1.59. The number of thiazole rings is 1. The third kappa shape index (κ3) is 2.43. The molecule has 0 amide bonds. The van der Waals surface area contributed by atoms with Crippen LogP contribution < -0.4 is 5.73 Å². The molecule has 0 bridgehead atoms. The fourth-order valence-electron chi connectivity index (χ4n) is 0.798. The first-order valence-electron chi connectivity index (χ1n) is 3.61. The van der Waals surface area contributed by atoms with Crippen LogP contribution in [0.15, 0.2) is 31.7 Å². The molecule has 0 saturated carbocycles. The van der Waals surface area contributed by atoms with E-state index in [1.54, 1.807) is 23.6 Å². The van der Waals surface area contributed by atoms with Crippen LogP contribution in [0.3, 0.4) is 0 Å². The van der Waals surface area contributed by atoms with Gasteiger partial charge >= 0.3 is 0 Å². The van der Waals surface area contributed by atoms with Crippen LogP contribution in [0.25, 0.3) is 0 Å². The normalized spacial score (nSPS) is 10.4. The molecule has 0 aliphatic rings. The van der Waals surface area contributed by atoms with Gasteiger partial charge in [0.05, 0.1) is 0 Å². The number of hydrogen-bond donors (Lipinski definition) is 1.